The van der Waals surface area contributed by atoms with E-state index in [9.17, 15) is 26.7 Å². The Kier molecular flexibility index (Phi) is 2.55. The van der Waals surface area contributed by atoms with Crippen molar-refractivity contribution in [3.8, 4) is 0 Å². The second-order valence-electron chi connectivity index (χ2n) is 1.69. The Bertz CT molecular complexity index is 160. The minimum Gasteiger partial charge on any atom is -0.390 e. The predicted molar refractivity (Wildman–Crippen MR) is 23.1 cm³/mol. The average Bonchev–Trinajstić information content (AvgIpc) is 1.84. The molecule has 2 nitrogen and oxygen atoms in total. The lowest BCUT2D eigenvalue weighted by atomic mass is 10.2. The van der Waals surface area contributed by atoms with Gasteiger partial charge in [-0.05, 0) is 0 Å². The lowest BCUT2D eigenvalue weighted by Gasteiger charge is -2.12. The molecule has 0 unspecified atom stereocenters. The third-order valence-electron chi connectivity index (χ3n) is 0.788. The minimum absolute atomic E-state index is 2.13. The van der Waals surface area contributed by atoms with Crippen molar-refractivity contribution < 1.29 is 31.9 Å². The van der Waals surface area contributed by atoms with E-state index in [1.54, 1.807) is 0 Å². The Morgan fingerprint density at radius 1 is 1.18 bits per heavy atom. The highest BCUT2D eigenvalue weighted by molar-refractivity contribution is 5.90. The zero-order valence-electron chi connectivity index (χ0n) is 4.95. The quantitative estimate of drug-likeness (QED) is 0.633. The Hall–Kier alpha value is -0.720. The first-order chi connectivity index (χ1) is 4.72. The molecule has 0 aliphatic heterocycles. The summed E-state index contributed by atoms with van der Waals surface area (Å²) in [6.45, 7) is -2.13. The standard InChI is InChI=1S/C4H3F5O2/c5-3(6,1-10)2(11)4(7,8)9/h10H,1H2. The maximum Gasteiger partial charge on any atom is 0.456 e. The molecule has 0 saturated heterocycles. The van der Waals surface area contributed by atoms with Crippen LogP contribution < -0.4 is 0 Å². The molecule has 0 aliphatic rings. The van der Waals surface area contributed by atoms with Gasteiger partial charge in [0.1, 0.15) is 6.61 Å². The Balaban J connectivity index is 4.50. The van der Waals surface area contributed by atoms with Gasteiger partial charge in [0.05, 0.1) is 0 Å². The van der Waals surface area contributed by atoms with E-state index < -0.39 is 24.5 Å². The van der Waals surface area contributed by atoms with Crippen molar-refractivity contribution in [2.45, 2.75) is 12.1 Å². The zero-order valence-corrected chi connectivity index (χ0v) is 4.95. The summed E-state index contributed by atoms with van der Waals surface area (Å²) in [4.78, 5) is 9.68. The van der Waals surface area contributed by atoms with E-state index >= 15 is 0 Å². The molecule has 0 aromatic rings. The van der Waals surface area contributed by atoms with Crippen molar-refractivity contribution in [2.75, 3.05) is 6.61 Å². The van der Waals surface area contributed by atoms with Crippen LogP contribution in [0.25, 0.3) is 0 Å². The number of carbonyl (C=O) groups is 1. The van der Waals surface area contributed by atoms with Crippen LogP contribution in [0.2, 0.25) is 0 Å². The number of aliphatic hydroxyl groups excluding tert-OH is 1. The summed E-state index contributed by atoms with van der Waals surface area (Å²) in [5, 5.41) is 7.66. The van der Waals surface area contributed by atoms with Gasteiger partial charge < -0.3 is 5.11 Å². The SMILES string of the molecule is O=C(C(F)(F)F)C(F)(F)CO. The van der Waals surface area contributed by atoms with Crippen LogP contribution in [0.1, 0.15) is 0 Å². The van der Waals surface area contributed by atoms with Gasteiger partial charge in [-0.25, -0.2) is 0 Å². The van der Waals surface area contributed by atoms with E-state index in [1.807, 2.05) is 0 Å². The van der Waals surface area contributed by atoms with Crippen molar-refractivity contribution >= 4 is 5.78 Å². The van der Waals surface area contributed by atoms with E-state index in [1.165, 1.54) is 0 Å². The normalized spacial score (nSPS) is 13.3. The summed E-state index contributed by atoms with van der Waals surface area (Å²) < 4.78 is 57.0. The molecule has 0 atom stereocenters. The topological polar surface area (TPSA) is 37.3 Å². The van der Waals surface area contributed by atoms with Crippen LogP contribution in [0, 0.1) is 0 Å². The maximum absolute atomic E-state index is 11.7. The number of carbonyl (C=O) groups excluding carboxylic acids is 1. The van der Waals surface area contributed by atoms with Gasteiger partial charge in [-0.3, -0.25) is 4.79 Å². The number of hydrogen-bond donors (Lipinski definition) is 1. The second-order valence-corrected chi connectivity index (χ2v) is 1.69. The van der Waals surface area contributed by atoms with Crippen molar-refractivity contribution in [3.63, 3.8) is 0 Å². The summed E-state index contributed by atoms with van der Waals surface area (Å²) >= 11 is 0. The lowest BCUT2D eigenvalue weighted by Crippen LogP contribution is -2.42. The second kappa shape index (κ2) is 2.72. The fourth-order valence-corrected chi connectivity index (χ4v) is 0.279. The maximum atomic E-state index is 11.7. The van der Waals surface area contributed by atoms with E-state index in [0.717, 1.165) is 0 Å². The summed E-state index contributed by atoms with van der Waals surface area (Å²) in [7, 11) is 0. The van der Waals surface area contributed by atoms with Crippen LogP contribution >= 0.6 is 0 Å². The number of ketones is 1. The fraction of sp³-hybridized carbons (Fsp3) is 0.750. The van der Waals surface area contributed by atoms with Crippen LogP contribution in [0.4, 0.5) is 22.0 Å². The molecule has 0 rings (SSSR count). The number of hydrogen-bond acceptors (Lipinski definition) is 2. The van der Waals surface area contributed by atoms with Gasteiger partial charge in [0.15, 0.2) is 0 Å². The fourth-order valence-electron chi connectivity index (χ4n) is 0.279. The summed E-state index contributed by atoms with van der Waals surface area (Å²) in [5.74, 6) is -7.95. The highest BCUT2D eigenvalue weighted by Gasteiger charge is 2.54. The third kappa shape index (κ3) is 2.41. The minimum atomic E-state index is -5.60. The van der Waals surface area contributed by atoms with Gasteiger partial charge >= 0.3 is 17.9 Å². The van der Waals surface area contributed by atoms with Crippen LogP contribution in [-0.4, -0.2) is 29.6 Å². The van der Waals surface area contributed by atoms with Crippen LogP contribution in [0.3, 0.4) is 0 Å². The predicted octanol–water partition coefficient (Wildman–Crippen LogP) is 0.745. The number of halogens is 5. The van der Waals surface area contributed by atoms with Gasteiger partial charge in [0, 0.05) is 0 Å². The van der Waals surface area contributed by atoms with Crippen molar-refractivity contribution in [2.24, 2.45) is 0 Å². The smallest absolute Gasteiger partial charge is 0.390 e. The number of alkyl halides is 5. The molecule has 11 heavy (non-hydrogen) atoms. The molecule has 0 aromatic heterocycles. The summed E-state index contributed by atoms with van der Waals surface area (Å²) in [6, 6.07) is 0. The first-order valence-electron chi connectivity index (χ1n) is 2.32. The van der Waals surface area contributed by atoms with Crippen LogP contribution in [0.5, 0.6) is 0 Å². The first kappa shape index (κ1) is 10.3. The molecule has 0 heterocycles. The summed E-state index contributed by atoms with van der Waals surface area (Å²) in [6.07, 6.45) is -5.60. The molecular formula is C4H3F5O2. The van der Waals surface area contributed by atoms with Gasteiger partial charge in [-0.15, -0.1) is 0 Å². The number of aliphatic hydroxyl groups is 1. The molecular weight excluding hydrogens is 175 g/mol. The lowest BCUT2D eigenvalue weighted by molar-refractivity contribution is -0.199. The molecule has 7 heteroatoms. The van der Waals surface area contributed by atoms with Crippen molar-refractivity contribution in [1.82, 2.24) is 0 Å². The van der Waals surface area contributed by atoms with Crippen LogP contribution in [0.15, 0.2) is 0 Å². The molecule has 0 radical (unpaired) electrons. The van der Waals surface area contributed by atoms with E-state index in [4.69, 9.17) is 5.11 Å². The molecule has 0 saturated carbocycles. The summed E-state index contributed by atoms with van der Waals surface area (Å²) in [5.41, 5.74) is 0. The molecule has 0 aliphatic carbocycles. The zero-order chi connectivity index (χ0) is 9.28. The van der Waals surface area contributed by atoms with E-state index in [-0.39, 0.29) is 0 Å². The third-order valence-corrected chi connectivity index (χ3v) is 0.788. The van der Waals surface area contributed by atoms with Crippen LogP contribution in [-0.2, 0) is 4.79 Å². The highest BCUT2D eigenvalue weighted by atomic mass is 19.4. The van der Waals surface area contributed by atoms with Gasteiger partial charge in [-0.2, -0.15) is 22.0 Å². The van der Waals surface area contributed by atoms with E-state index in [2.05, 4.69) is 0 Å². The van der Waals surface area contributed by atoms with E-state index in [0.29, 0.717) is 0 Å². The molecule has 66 valence electrons. The van der Waals surface area contributed by atoms with Crippen molar-refractivity contribution in [3.05, 3.63) is 0 Å². The Labute approximate surface area is 57.6 Å². The molecule has 0 spiro atoms. The largest absolute Gasteiger partial charge is 0.456 e. The number of rotatable bonds is 2. The van der Waals surface area contributed by atoms with Gasteiger partial charge in [-0.1, -0.05) is 0 Å². The molecule has 0 bridgehead atoms. The molecule has 0 amide bonds. The molecule has 1 N–H and O–H groups in total. The number of Topliss-reactive ketones (excluding diaryl/α,β-unsaturated/α-hetero) is 1. The van der Waals surface area contributed by atoms with Gasteiger partial charge in [0.25, 0.3) is 0 Å². The monoisotopic (exact) mass is 178 g/mol. The molecule has 0 aromatic carbocycles. The Morgan fingerprint density at radius 2 is 1.55 bits per heavy atom. The molecule has 0 fully saturated rings. The average molecular weight is 178 g/mol. The van der Waals surface area contributed by atoms with Gasteiger partial charge in [0.2, 0.25) is 0 Å². The highest BCUT2D eigenvalue weighted by Crippen LogP contribution is 2.26. The first-order valence-corrected chi connectivity index (χ1v) is 2.32. The Morgan fingerprint density at radius 3 is 1.64 bits per heavy atom. The van der Waals surface area contributed by atoms with Crippen molar-refractivity contribution in [1.29, 1.82) is 0 Å².